The van der Waals surface area contributed by atoms with Crippen molar-refractivity contribution in [3.05, 3.63) is 64.4 Å². The zero-order chi connectivity index (χ0) is 28.3. The van der Waals surface area contributed by atoms with Crippen LogP contribution in [0.25, 0.3) is 6.08 Å². The van der Waals surface area contributed by atoms with Crippen LogP contribution in [-0.2, 0) is 0 Å². The molecule has 3 aromatic carbocycles. The lowest BCUT2D eigenvalue weighted by Gasteiger charge is -2.14. The quantitative estimate of drug-likeness (QED) is 0.213. The highest BCUT2D eigenvalue weighted by Crippen LogP contribution is 2.41. The number of ether oxygens (including phenoxy) is 8. The first kappa shape index (κ1) is 27.2. The van der Waals surface area contributed by atoms with Crippen LogP contribution in [0.2, 0.25) is 0 Å². The topological polar surface area (TPSA) is 108 Å². The van der Waals surface area contributed by atoms with Gasteiger partial charge in [0.05, 0.1) is 53.8 Å². The fraction of sp³-hybridized carbons (Fsp3) is 0.241. The van der Waals surface area contributed by atoms with Gasteiger partial charge in [0, 0.05) is 17.7 Å². The SMILES string of the molecule is COc1cc(OC)c(OC)cc1/C=C1\Oc2cc(OC(=O)c3cc(OC)c(OC)c(OC)c3)cc(C)c2C1=O. The van der Waals surface area contributed by atoms with Crippen molar-refractivity contribution >= 4 is 17.8 Å². The number of aryl methyl sites for hydroxylation is 1. The van der Waals surface area contributed by atoms with E-state index in [-0.39, 0.29) is 28.6 Å². The van der Waals surface area contributed by atoms with Crippen molar-refractivity contribution in [1.29, 1.82) is 0 Å². The van der Waals surface area contributed by atoms with Crippen LogP contribution in [0.15, 0.2) is 42.2 Å². The van der Waals surface area contributed by atoms with E-state index >= 15 is 0 Å². The molecule has 0 aliphatic carbocycles. The van der Waals surface area contributed by atoms with Gasteiger partial charge in [0.25, 0.3) is 0 Å². The molecule has 0 atom stereocenters. The first-order chi connectivity index (χ1) is 18.8. The molecule has 39 heavy (non-hydrogen) atoms. The molecule has 204 valence electrons. The number of rotatable bonds is 9. The molecule has 0 saturated carbocycles. The summed E-state index contributed by atoms with van der Waals surface area (Å²) in [5.74, 6) is 1.93. The molecule has 1 heterocycles. The molecular weight excluding hydrogens is 508 g/mol. The minimum atomic E-state index is -0.663. The maximum absolute atomic E-state index is 13.2. The Balaban J connectivity index is 1.64. The third-order valence-electron chi connectivity index (χ3n) is 6.08. The van der Waals surface area contributed by atoms with Crippen LogP contribution >= 0.6 is 0 Å². The lowest BCUT2D eigenvalue weighted by atomic mass is 10.0. The van der Waals surface area contributed by atoms with Gasteiger partial charge in [-0.05, 0) is 42.8 Å². The molecule has 0 bridgehead atoms. The monoisotopic (exact) mass is 536 g/mol. The van der Waals surface area contributed by atoms with Crippen LogP contribution in [0.1, 0.15) is 31.8 Å². The number of allylic oxidation sites excluding steroid dienone is 1. The summed E-state index contributed by atoms with van der Waals surface area (Å²) in [6, 6.07) is 9.40. The minimum Gasteiger partial charge on any atom is -0.496 e. The summed E-state index contributed by atoms with van der Waals surface area (Å²) in [6.07, 6.45) is 1.56. The smallest absolute Gasteiger partial charge is 0.343 e. The van der Waals surface area contributed by atoms with E-state index in [1.807, 2.05) is 0 Å². The number of esters is 1. The highest BCUT2D eigenvalue weighted by Gasteiger charge is 2.31. The molecule has 0 fully saturated rings. The fourth-order valence-electron chi connectivity index (χ4n) is 4.21. The predicted octanol–water partition coefficient (Wildman–Crippen LogP) is 4.88. The van der Waals surface area contributed by atoms with Gasteiger partial charge in [0.1, 0.15) is 17.2 Å². The maximum Gasteiger partial charge on any atom is 0.343 e. The van der Waals surface area contributed by atoms with E-state index in [0.717, 1.165) is 0 Å². The minimum absolute atomic E-state index is 0.0757. The van der Waals surface area contributed by atoms with Crippen molar-refractivity contribution in [3.63, 3.8) is 0 Å². The summed E-state index contributed by atoms with van der Waals surface area (Å²) in [6.45, 7) is 1.73. The Morgan fingerprint density at radius 2 is 1.31 bits per heavy atom. The average molecular weight is 537 g/mol. The summed E-state index contributed by atoms with van der Waals surface area (Å²) < 4.78 is 43.6. The van der Waals surface area contributed by atoms with Crippen LogP contribution in [0.3, 0.4) is 0 Å². The number of methoxy groups -OCH3 is 6. The van der Waals surface area contributed by atoms with Crippen molar-refractivity contribution in [3.8, 4) is 46.0 Å². The summed E-state index contributed by atoms with van der Waals surface area (Å²) in [7, 11) is 8.91. The van der Waals surface area contributed by atoms with Crippen molar-refractivity contribution in [2.45, 2.75) is 6.92 Å². The van der Waals surface area contributed by atoms with Crippen molar-refractivity contribution in [2.24, 2.45) is 0 Å². The van der Waals surface area contributed by atoms with E-state index in [1.54, 1.807) is 31.2 Å². The van der Waals surface area contributed by atoms with E-state index in [0.29, 0.717) is 51.2 Å². The Hall–Kier alpha value is -4.86. The third-order valence-corrected chi connectivity index (χ3v) is 6.08. The molecular formula is C29H28O10. The Labute approximate surface area is 225 Å². The molecule has 10 heteroatoms. The second-order valence-electron chi connectivity index (χ2n) is 8.31. The van der Waals surface area contributed by atoms with Crippen molar-refractivity contribution < 1.29 is 47.5 Å². The number of benzene rings is 3. The molecule has 0 unspecified atom stereocenters. The summed E-state index contributed by atoms with van der Waals surface area (Å²) in [4.78, 5) is 26.2. The molecule has 1 aliphatic heterocycles. The number of carbonyl (C=O) groups excluding carboxylic acids is 2. The zero-order valence-electron chi connectivity index (χ0n) is 22.6. The van der Waals surface area contributed by atoms with Crippen molar-refractivity contribution in [2.75, 3.05) is 42.7 Å². The number of Topliss-reactive ketones (excluding diaryl/α,β-unsaturated/α-hetero) is 1. The average Bonchev–Trinajstić information content (AvgIpc) is 3.26. The number of ketones is 1. The number of hydrogen-bond acceptors (Lipinski definition) is 10. The Kier molecular flexibility index (Phi) is 7.85. The normalized spacial score (nSPS) is 12.9. The highest BCUT2D eigenvalue weighted by molar-refractivity contribution is 6.15. The molecule has 0 radical (unpaired) electrons. The van der Waals surface area contributed by atoms with E-state index in [4.69, 9.17) is 37.9 Å². The molecule has 0 spiro atoms. The highest BCUT2D eigenvalue weighted by atomic mass is 16.5. The lowest BCUT2D eigenvalue weighted by molar-refractivity contribution is 0.0733. The zero-order valence-corrected chi connectivity index (χ0v) is 22.6. The summed E-state index contributed by atoms with van der Waals surface area (Å²) >= 11 is 0. The van der Waals surface area contributed by atoms with Gasteiger partial charge in [-0.2, -0.15) is 0 Å². The van der Waals surface area contributed by atoms with Gasteiger partial charge in [-0.1, -0.05) is 0 Å². The number of fused-ring (bicyclic) bond motifs is 1. The number of hydrogen-bond donors (Lipinski definition) is 0. The Morgan fingerprint density at radius 3 is 1.87 bits per heavy atom. The second-order valence-corrected chi connectivity index (χ2v) is 8.31. The van der Waals surface area contributed by atoms with Gasteiger partial charge < -0.3 is 37.9 Å². The molecule has 3 aromatic rings. The lowest BCUT2D eigenvalue weighted by Crippen LogP contribution is -2.10. The van der Waals surface area contributed by atoms with Crippen LogP contribution in [0.4, 0.5) is 0 Å². The van der Waals surface area contributed by atoms with Crippen molar-refractivity contribution in [1.82, 2.24) is 0 Å². The van der Waals surface area contributed by atoms with E-state index < -0.39 is 5.97 Å². The van der Waals surface area contributed by atoms with E-state index in [2.05, 4.69) is 0 Å². The second kappa shape index (κ2) is 11.3. The van der Waals surface area contributed by atoms with E-state index in [9.17, 15) is 9.59 Å². The first-order valence-corrected chi connectivity index (χ1v) is 11.7. The molecule has 0 amide bonds. The Bertz CT molecular complexity index is 1450. The first-order valence-electron chi connectivity index (χ1n) is 11.7. The van der Waals surface area contributed by atoms with Crippen LogP contribution in [0, 0.1) is 6.92 Å². The van der Waals surface area contributed by atoms with Gasteiger partial charge in [-0.3, -0.25) is 4.79 Å². The maximum atomic E-state index is 13.2. The molecule has 1 aliphatic rings. The van der Waals surface area contributed by atoms with Crippen LogP contribution < -0.4 is 37.9 Å². The standard InChI is InChI=1S/C29H28O10/c1-15-8-18(38-29(31)17-11-24(35-5)28(37-7)25(12-17)36-6)13-22-26(15)27(30)23(39-22)10-16-9-20(33-3)21(34-4)14-19(16)32-2/h8-14H,1-7H3/b23-10-. The van der Waals surface area contributed by atoms with Crippen LogP contribution in [0.5, 0.6) is 46.0 Å². The molecule has 10 nitrogen and oxygen atoms in total. The van der Waals surface area contributed by atoms with Gasteiger partial charge in [-0.15, -0.1) is 0 Å². The van der Waals surface area contributed by atoms with Gasteiger partial charge in [0.15, 0.2) is 28.8 Å². The summed E-state index contributed by atoms with van der Waals surface area (Å²) in [5.41, 5.74) is 1.68. The van der Waals surface area contributed by atoms with Crippen LogP contribution in [-0.4, -0.2) is 54.4 Å². The summed E-state index contributed by atoms with van der Waals surface area (Å²) in [5, 5.41) is 0. The molecule has 0 saturated heterocycles. The fourth-order valence-corrected chi connectivity index (χ4v) is 4.21. The largest absolute Gasteiger partial charge is 0.496 e. The van der Waals surface area contributed by atoms with E-state index in [1.165, 1.54) is 60.9 Å². The van der Waals surface area contributed by atoms with Gasteiger partial charge >= 0.3 is 5.97 Å². The molecule has 0 aromatic heterocycles. The predicted molar refractivity (Wildman–Crippen MR) is 141 cm³/mol. The van der Waals surface area contributed by atoms with Gasteiger partial charge in [-0.25, -0.2) is 4.79 Å². The molecule has 4 rings (SSSR count). The Morgan fingerprint density at radius 1 is 0.718 bits per heavy atom. The third kappa shape index (κ3) is 5.13. The number of carbonyl (C=O) groups is 2. The van der Waals surface area contributed by atoms with Gasteiger partial charge in [0.2, 0.25) is 11.5 Å². The molecule has 0 N–H and O–H groups in total.